The summed E-state index contributed by atoms with van der Waals surface area (Å²) in [5.41, 5.74) is 18.7. The van der Waals surface area contributed by atoms with Crippen LogP contribution < -0.4 is 20.9 Å². The summed E-state index contributed by atoms with van der Waals surface area (Å²) in [5.74, 6) is 1.43. The molecule has 0 heterocycles. The lowest BCUT2D eigenvalue weighted by Crippen LogP contribution is -2.04. The molecular formula is C46H58N2O6. The van der Waals surface area contributed by atoms with Crippen molar-refractivity contribution in [2.75, 3.05) is 24.7 Å². The Hall–Kier alpha value is -5.50. The maximum absolute atomic E-state index is 12.5. The third-order valence-corrected chi connectivity index (χ3v) is 8.78. The minimum atomic E-state index is -0.147. The monoisotopic (exact) mass is 734 g/mol. The van der Waals surface area contributed by atoms with Crippen LogP contribution in [-0.4, -0.2) is 35.0 Å². The number of anilines is 2. The third kappa shape index (κ3) is 11.8. The number of hydrogen-bond acceptors (Lipinski definition) is 8. The van der Waals surface area contributed by atoms with Crippen molar-refractivity contribution in [2.24, 2.45) is 0 Å². The SMILES string of the molecule is CCCOc1c(CC)cc(CC)c(O)c1C=CC(=O)c1ccc(N)cc1.CCCOc1c(CCC)cc(CCC)c(O)c1C=CC(=O)c1ccc(N)cc1. The number of aryl methyl sites for hydroxylation is 4. The van der Waals surface area contributed by atoms with Crippen LogP contribution in [0.1, 0.15) is 121 Å². The Balaban J connectivity index is 0.000000291. The summed E-state index contributed by atoms with van der Waals surface area (Å²) in [6.45, 7) is 13.5. The second kappa shape index (κ2) is 21.9. The van der Waals surface area contributed by atoms with Crippen molar-refractivity contribution < 1.29 is 29.3 Å². The average Bonchev–Trinajstić information content (AvgIpc) is 3.17. The highest BCUT2D eigenvalue weighted by molar-refractivity contribution is 6.08. The second-order valence-electron chi connectivity index (χ2n) is 13.1. The highest BCUT2D eigenvalue weighted by atomic mass is 16.5. The third-order valence-electron chi connectivity index (χ3n) is 8.78. The Labute approximate surface area is 321 Å². The molecule has 54 heavy (non-hydrogen) atoms. The number of allylic oxidation sites excluding steroid dienone is 2. The van der Waals surface area contributed by atoms with Gasteiger partial charge in [0.15, 0.2) is 11.6 Å². The molecule has 0 aliphatic rings. The van der Waals surface area contributed by atoms with Gasteiger partial charge in [-0.15, -0.1) is 0 Å². The molecule has 0 radical (unpaired) electrons. The zero-order valence-electron chi connectivity index (χ0n) is 32.8. The van der Waals surface area contributed by atoms with Gasteiger partial charge in [-0.25, -0.2) is 0 Å². The van der Waals surface area contributed by atoms with E-state index in [-0.39, 0.29) is 23.1 Å². The van der Waals surface area contributed by atoms with Gasteiger partial charge in [-0.1, -0.05) is 54.4 Å². The molecule has 0 amide bonds. The van der Waals surface area contributed by atoms with Gasteiger partial charge in [0, 0.05) is 22.5 Å². The number of ketones is 2. The van der Waals surface area contributed by atoms with E-state index in [1.54, 1.807) is 60.7 Å². The van der Waals surface area contributed by atoms with Crippen molar-refractivity contribution in [1.29, 1.82) is 0 Å². The van der Waals surface area contributed by atoms with Crippen LogP contribution in [-0.2, 0) is 25.7 Å². The Morgan fingerprint density at radius 1 is 0.556 bits per heavy atom. The zero-order valence-corrected chi connectivity index (χ0v) is 32.8. The molecule has 4 aromatic rings. The predicted octanol–water partition coefficient (Wildman–Crippen LogP) is 10.3. The van der Waals surface area contributed by atoms with Gasteiger partial charge >= 0.3 is 0 Å². The minimum absolute atomic E-state index is 0.140. The molecule has 0 bridgehead atoms. The molecule has 4 aromatic carbocycles. The number of phenols is 2. The van der Waals surface area contributed by atoms with Crippen LogP contribution in [0, 0.1) is 0 Å². The number of benzene rings is 4. The van der Waals surface area contributed by atoms with Crippen molar-refractivity contribution in [3.8, 4) is 23.0 Å². The molecule has 0 saturated heterocycles. The number of nitrogens with two attached hydrogens (primary N) is 2. The Morgan fingerprint density at radius 2 is 0.944 bits per heavy atom. The van der Waals surface area contributed by atoms with Crippen LogP contribution in [0.5, 0.6) is 23.0 Å². The molecule has 0 atom stereocenters. The molecule has 0 saturated carbocycles. The largest absolute Gasteiger partial charge is 0.507 e. The van der Waals surface area contributed by atoms with E-state index in [9.17, 15) is 19.8 Å². The molecule has 0 fully saturated rings. The van der Waals surface area contributed by atoms with E-state index in [0.29, 0.717) is 64.8 Å². The molecule has 0 aliphatic heterocycles. The predicted molar refractivity (Wildman–Crippen MR) is 223 cm³/mol. The minimum Gasteiger partial charge on any atom is -0.507 e. The summed E-state index contributed by atoms with van der Waals surface area (Å²) in [4.78, 5) is 25.0. The molecule has 8 nitrogen and oxygen atoms in total. The Morgan fingerprint density at radius 3 is 1.35 bits per heavy atom. The quantitative estimate of drug-likeness (QED) is 0.0449. The van der Waals surface area contributed by atoms with E-state index in [1.807, 2.05) is 32.9 Å². The van der Waals surface area contributed by atoms with Gasteiger partial charge in [0.2, 0.25) is 0 Å². The Bertz CT molecular complexity index is 1890. The van der Waals surface area contributed by atoms with E-state index in [2.05, 4.69) is 20.8 Å². The van der Waals surface area contributed by atoms with Gasteiger partial charge in [-0.05, 0) is 146 Å². The molecule has 0 unspecified atom stereocenters. The lowest BCUT2D eigenvalue weighted by molar-refractivity contribution is 0.103. The Kier molecular flexibility index (Phi) is 17.4. The van der Waals surface area contributed by atoms with Crippen LogP contribution >= 0.6 is 0 Å². The van der Waals surface area contributed by atoms with Gasteiger partial charge in [-0.3, -0.25) is 9.59 Å². The van der Waals surface area contributed by atoms with E-state index in [1.165, 1.54) is 12.2 Å². The number of carbonyl (C=O) groups excluding carboxylic acids is 2. The molecule has 0 aliphatic carbocycles. The van der Waals surface area contributed by atoms with Crippen molar-refractivity contribution in [1.82, 2.24) is 0 Å². The fraction of sp³-hybridized carbons (Fsp3) is 0.348. The van der Waals surface area contributed by atoms with Crippen LogP contribution in [0.4, 0.5) is 11.4 Å². The first kappa shape index (κ1) is 42.9. The fourth-order valence-electron chi connectivity index (χ4n) is 5.91. The highest BCUT2D eigenvalue weighted by Crippen LogP contribution is 2.39. The number of nitrogen functional groups attached to an aromatic ring is 2. The molecule has 4 rings (SSSR count). The van der Waals surface area contributed by atoms with Crippen LogP contribution in [0.15, 0.2) is 72.8 Å². The highest BCUT2D eigenvalue weighted by Gasteiger charge is 2.18. The summed E-state index contributed by atoms with van der Waals surface area (Å²) in [5, 5.41) is 21.5. The van der Waals surface area contributed by atoms with Gasteiger partial charge in [-0.2, -0.15) is 0 Å². The molecule has 6 N–H and O–H groups in total. The second-order valence-corrected chi connectivity index (χ2v) is 13.1. The number of carbonyl (C=O) groups is 2. The summed E-state index contributed by atoms with van der Waals surface area (Å²) < 4.78 is 11.9. The summed E-state index contributed by atoms with van der Waals surface area (Å²) >= 11 is 0. The zero-order chi connectivity index (χ0) is 39.6. The first-order valence-electron chi connectivity index (χ1n) is 19.2. The first-order chi connectivity index (χ1) is 26.0. The van der Waals surface area contributed by atoms with E-state index in [0.717, 1.165) is 67.2 Å². The molecule has 0 spiro atoms. The normalized spacial score (nSPS) is 11.1. The lowest BCUT2D eigenvalue weighted by Gasteiger charge is -2.18. The molecule has 0 aromatic heterocycles. The summed E-state index contributed by atoms with van der Waals surface area (Å²) in [7, 11) is 0. The summed E-state index contributed by atoms with van der Waals surface area (Å²) in [6.07, 6.45) is 13.1. The van der Waals surface area contributed by atoms with Gasteiger partial charge in [0.05, 0.1) is 24.3 Å². The van der Waals surface area contributed by atoms with Gasteiger partial charge < -0.3 is 31.2 Å². The number of rotatable bonds is 18. The summed E-state index contributed by atoms with van der Waals surface area (Å²) in [6, 6.07) is 17.6. The maximum atomic E-state index is 12.5. The fourth-order valence-corrected chi connectivity index (χ4v) is 5.91. The van der Waals surface area contributed by atoms with Gasteiger partial charge in [0.1, 0.15) is 23.0 Å². The van der Waals surface area contributed by atoms with Crippen LogP contribution in [0.25, 0.3) is 12.2 Å². The van der Waals surface area contributed by atoms with Crippen molar-refractivity contribution in [2.45, 2.75) is 92.9 Å². The standard InChI is InChI=1S/C24H31NO3.C22H27NO3/c1-4-7-18-16-19(8-5-2)24(28-15-6-3)21(23(18)27)13-14-22(26)17-9-11-20(25)12-10-17;1-4-13-26-22-16(6-3)14-15(5-2)21(25)19(22)11-12-20(24)17-7-9-18(23)10-8-17/h9-14,16,27H,4-8,15,25H2,1-3H3;7-12,14,25H,4-6,13,23H2,1-3H3. The number of hydrogen-bond donors (Lipinski definition) is 4. The number of phenolic OH excluding ortho intramolecular Hbond substituents is 2. The lowest BCUT2D eigenvalue weighted by atomic mass is 9.96. The number of aromatic hydroxyl groups is 2. The van der Waals surface area contributed by atoms with Crippen LogP contribution in [0.2, 0.25) is 0 Å². The molecule has 8 heteroatoms. The number of ether oxygens (including phenoxy) is 2. The first-order valence-corrected chi connectivity index (χ1v) is 19.2. The van der Waals surface area contributed by atoms with Gasteiger partial charge in [0.25, 0.3) is 0 Å². The molecule has 288 valence electrons. The molecular weight excluding hydrogens is 677 g/mol. The smallest absolute Gasteiger partial charge is 0.185 e. The van der Waals surface area contributed by atoms with Crippen molar-refractivity contribution >= 4 is 35.1 Å². The van der Waals surface area contributed by atoms with E-state index in [4.69, 9.17) is 20.9 Å². The maximum Gasteiger partial charge on any atom is 0.185 e. The van der Waals surface area contributed by atoms with E-state index < -0.39 is 0 Å². The van der Waals surface area contributed by atoms with Crippen molar-refractivity contribution in [3.05, 3.63) is 117 Å². The average molecular weight is 735 g/mol. The van der Waals surface area contributed by atoms with Crippen LogP contribution in [0.3, 0.4) is 0 Å². The van der Waals surface area contributed by atoms with E-state index >= 15 is 0 Å². The topological polar surface area (TPSA) is 145 Å². The van der Waals surface area contributed by atoms with Crippen molar-refractivity contribution in [3.63, 3.8) is 0 Å².